The summed E-state index contributed by atoms with van der Waals surface area (Å²) >= 11 is 0. The number of methoxy groups -OCH3 is 1. The van der Waals surface area contributed by atoms with Gasteiger partial charge in [-0.2, -0.15) is 5.26 Å². The van der Waals surface area contributed by atoms with E-state index < -0.39 is 12.0 Å². The lowest BCUT2D eigenvalue weighted by atomic mass is 10.2. The fourth-order valence-electron chi connectivity index (χ4n) is 1.10. The summed E-state index contributed by atoms with van der Waals surface area (Å²) in [5.74, 6) is -0.0533. The maximum absolute atomic E-state index is 11.1. The number of hydrogen-bond acceptors (Lipinski definition) is 6. The Morgan fingerprint density at radius 1 is 1.75 bits per heavy atom. The highest BCUT2D eigenvalue weighted by Crippen LogP contribution is 2.16. The van der Waals surface area contributed by atoms with Crippen molar-refractivity contribution in [2.75, 3.05) is 18.2 Å². The number of rotatable bonds is 3. The molecule has 0 bridgehead atoms. The minimum absolute atomic E-state index is 0.315. The highest BCUT2D eigenvalue weighted by atomic mass is 16.5. The minimum Gasteiger partial charge on any atom is -0.467 e. The van der Waals surface area contributed by atoms with Gasteiger partial charge in [0.2, 0.25) is 0 Å². The number of nitrogen functional groups attached to an aromatic ring is 1. The monoisotopic (exact) mass is 220 g/mol. The van der Waals surface area contributed by atoms with Crippen LogP contribution in [0.15, 0.2) is 12.3 Å². The first-order chi connectivity index (χ1) is 7.58. The van der Waals surface area contributed by atoms with Crippen molar-refractivity contribution < 1.29 is 9.53 Å². The summed E-state index contributed by atoms with van der Waals surface area (Å²) in [5, 5.41) is 11.4. The smallest absolute Gasteiger partial charge is 0.328 e. The molecule has 16 heavy (non-hydrogen) atoms. The van der Waals surface area contributed by atoms with Crippen LogP contribution in [0.4, 0.5) is 11.5 Å². The van der Waals surface area contributed by atoms with Crippen LogP contribution in [0.25, 0.3) is 0 Å². The Morgan fingerprint density at radius 2 is 2.44 bits per heavy atom. The van der Waals surface area contributed by atoms with Gasteiger partial charge in [-0.25, -0.2) is 9.78 Å². The first kappa shape index (κ1) is 11.8. The normalized spacial score (nSPS) is 11.3. The van der Waals surface area contributed by atoms with Crippen molar-refractivity contribution in [2.24, 2.45) is 0 Å². The lowest BCUT2D eigenvalue weighted by Crippen LogP contribution is -2.28. The number of nitrogens with one attached hydrogen (secondary N) is 1. The molecule has 0 fully saturated rings. The number of ether oxygens (including phenoxy) is 1. The third-order valence-electron chi connectivity index (χ3n) is 1.95. The number of esters is 1. The Morgan fingerprint density at radius 3 is 2.94 bits per heavy atom. The number of nitrogens with zero attached hydrogens (tertiary/aromatic N) is 2. The number of carbonyl (C=O) groups is 1. The molecular formula is C10H12N4O2. The summed E-state index contributed by atoms with van der Waals surface area (Å²) in [6.45, 7) is 1.63. The SMILES string of the molecule is COC(=O)C(C)Nc1ncc(C#N)cc1N. The van der Waals surface area contributed by atoms with Crippen LogP contribution in [-0.2, 0) is 9.53 Å². The third kappa shape index (κ3) is 2.60. The molecule has 1 heterocycles. The van der Waals surface area contributed by atoms with Gasteiger partial charge in [-0.3, -0.25) is 0 Å². The van der Waals surface area contributed by atoms with Crippen molar-refractivity contribution >= 4 is 17.5 Å². The van der Waals surface area contributed by atoms with Gasteiger partial charge in [-0.1, -0.05) is 0 Å². The van der Waals surface area contributed by atoms with Crippen LogP contribution < -0.4 is 11.1 Å². The van der Waals surface area contributed by atoms with Gasteiger partial charge in [0.1, 0.15) is 17.9 Å². The van der Waals surface area contributed by atoms with Crippen LogP contribution in [0, 0.1) is 11.3 Å². The number of nitriles is 1. The van der Waals surface area contributed by atoms with Crippen molar-refractivity contribution in [3.05, 3.63) is 17.8 Å². The molecule has 0 amide bonds. The number of carbonyl (C=O) groups excluding carboxylic acids is 1. The number of aromatic nitrogens is 1. The Balaban J connectivity index is 2.83. The molecule has 1 aromatic heterocycles. The summed E-state index contributed by atoms with van der Waals surface area (Å²) in [4.78, 5) is 15.1. The van der Waals surface area contributed by atoms with Gasteiger partial charge >= 0.3 is 5.97 Å². The van der Waals surface area contributed by atoms with Crippen LogP contribution in [0.1, 0.15) is 12.5 Å². The molecule has 0 saturated carbocycles. The summed E-state index contributed by atoms with van der Waals surface area (Å²) in [6, 6.07) is 2.86. The van der Waals surface area contributed by atoms with Gasteiger partial charge in [0, 0.05) is 6.20 Å². The third-order valence-corrected chi connectivity index (χ3v) is 1.95. The standard InChI is InChI=1S/C10H12N4O2/c1-6(10(15)16-2)14-9-8(12)3-7(4-11)5-13-9/h3,5-6H,12H2,1-2H3,(H,13,14). The van der Waals surface area contributed by atoms with Crippen LogP contribution in [0.3, 0.4) is 0 Å². The van der Waals surface area contributed by atoms with Gasteiger partial charge in [-0.15, -0.1) is 0 Å². The van der Waals surface area contributed by atoms with Crippen molar-refractivity contribution in [2.45, 2.75) is 13.0 Å². The quantitative estimate of drug-likeness (QED) is 0.719. The minimum atomic E-state index is -0.548. The molecule has 1 aromatic rings. The zero-order valence-electron chi connectivity index (χ0n) is 9.02. The lowest BCUT2D eigenvalue weighted by Gasteiger charge is -2.13. The molecule has 0 spiro atoms. The van der Waals surface area contributed by atoms with E-state index in [1.165, 1.54) is 19.4 Å². The van der Waals surface area contributed by atoms with Gasteiger partial charge in [-0.05, 0) is 13.0 Å². The molecule has 3 N–H and O–H groups in total. The van der Waals surface area contributed by atoms with E-state index in [1.807, 2.05) is 6.07 Å². The van der Waals surface area contributed by atoms with Gasteiger partial charge in [0.25, 0.3) is 0 Å². The maximum Gasteiger partial charge on any atom is 0.328 e. The second-order valence-corrected chi connectivity index (χ2v) is 3.16. The van der Waals surface area contributed by atoms with Gasteiger partial charge < -0.3 is 15.8 Å². The molecule has 0 aliphatic heterocycles. The second-order valence-electron chi connectivity index (χ2n) is 3.16. The van der Waals surface area contributed by atoms with Crippen LogP contribution >= 0.6 is 0 Å². The fraction of sp³-hybridized carbons (Fsp3) is 0.300. The first-order valence-electron chi connectivity index (χ1n) is 4.58. The van der Waals surface area contributed by atoms with Crippen molar-refractivity contribution in [3.8, 4) is 6.07 Å². The number of nitrogens with two attached hydrogens (primary N) is 1. The molecule has 0 aliphatic rings. The Hall–Kier alpha value is -2.29. The van der Waals surface area contributed by atoms with E-state index >= 15 is 0 Å². The zero-order chi connectivity index (χ0) is 12.1. The van der Waals surface area contributed by atoms with Gasteiger partial charge in [0.15, 0.2) is 0 Å². The summed E-state index contributed by atoms with van der Waals surface area (Å²) in [7, 11) is 1.30. The van der Waals surface area contributed by atoms with E-state index in [0.717, 1.165) is 0 Å². The summed E-state index contributed by atoms with van der Waals surface area (Å²) in [6.07, 6.45) is 1.38. The van der Waals surface area contributed by atoms with E-state index in [-0.39, 0.29) is 0 Å². The van der Waals surface area contributed by atoms with Crippen LogP contribution in [0.5, 0.6) is 0 Å². The number of pyridine rings is 1. The summed E-state index contributed by atoms with van der Waals surface area (Å²) in [5.41, 5.74) is 6.34. The van der Waals surface area contributed by atoms with E-state index in [9.17, 15) is 4.79 Å². The Kier molecular flexibility index (Phi) is 3.67. The first-order valence-corrected chi connectivity index (χ1v) is 4.58. The van der Waals surface area contributed by atoms with Crippen LogP contribution in [-0.4, -0.2) is 24.1 Å². The molecule has 1 rings (SSSR count). The Labute approximate surface area is 93.0 Å². The van der Waals surface area contributed by atoms with E-state index in [4.69, 9.17) is 11.0 Å². The molecule has 0 radical (unpaired) electrons. The lowest BCUT2D eigenvalue weighted by molar-refractivity contribution is -0.141. The zero-order valence-corrected chi connectivity index (χ0v) is 9.02. The predicted molar refractivity (Wildman–Crippen MR) is 58.5 cm³/mol. The van der Waals surface area contributed by atoms with E-state index in [0.29, 0.717) is 17.1 Å². The fourth-order valence-corrected chi connectivity index (χ4v) is 1.10. The summed E-state index contributed by atoms with van der Waals surface area (Å²) < 4.78 is 4.55. The molecule has 1 atom stereocenters. The number of anilines is 2. The molecule has 84 valence electrons. The van der Waals surface area contributed by atoms with Crippen LogP contribution in [0.2, 0.25) is 0 Å². The average Bonchev–Trinajstić information content (AvgIpc) is 2.30. The molecule has 0 aromatic carbocycles. The molecule has 6 nitrogen and oxygen atoms in total. The largest absolute Gasteiger partial charge is 0.467 e. The molecule has 1 unspecified atom stereocenters. The second kappa shape index (κ2) is 4.98. The van der Waals surface area contributed by atoms with E-state index in [1.54, 1.807) is 6.92 Å². The molecule has 0 aliphatic carbocycles. The van der Waals surface area contributed by atoms with Crippen molar-refractivity contribution in [1.29, 1.82) is 5.26 Å². The van der Waals surface area contributed by atoms with Gasteiger partial charge in [0.05, 0.1) is 18.4 Å². The molecule has 6 heteroatoms. The molecular weight excluding hydrogens is 208 g/mol. The van der Waals surface area contributed by atoms with Crippen molar-refractivity contribution in [3.63, 3.8) is 0 Å². The maximum atomic E-state index is 11.1. The average molecular weight is 220 g/mol. The predicted octanol–water partition coefficient (Wildman–Crippen LogP) is 0.509. The topological polar surface area (TPSA) is 101 Å². The highest BCUT2D eigenvalue weighted by molar-refractivity contribution is 5.79. The highest BCUT2D eigenvalue weighted by Gasteiger charge is 2.14. The Bertz CT molecular complexity index is 439. The van der Waals surface area contributed by atoms with E-state index in [2.05, 4.69) is 15.0 Å². The van der Waals surface area contributed by atoms with Crippen molar-refractivity contribution in [1.82, 2.24) is 4.98 Å². The number of hydrogen-bond donors (Lipinski definition) is 2. The molecule has 0 saturated heterocycles.